The lowest BCUT2D eigenvalue weighted by Gasteiger charge is -2.37. The van der Waals surface area contributed by atoms with Crippen molar-refractivity contribution in [3.05, 3.63) is 35.9 Å². The number of carbonyl (C=O) groups excluding carboxylic acids is 1. The number of phenolic OH excluding ortho intramolecular Hbond substituents is 1. The first-order valence-corrected chi connectivity index (χ1v) is 8.59. The molecule has 2 aromatic carbocycles. The number of nitrogens with zero attached hydrogens (tertiary/aromatic N) is 2. The zero-order valence-corrected chi connectivity index (χ0v) is 14.7. The maximum Gasteiger partial charge on any atom is 0.271 e. The van der Waals surface area contributed by atoms with Crippen molar-refractivity contribution < 1.29 is 19.4 Å². The van der Waals surface area contributed by atoms with Crippen LogP contribution in [0.2, 0.25) is 0 Å². The molecule has 0 aliphatic carbocycles. The predicted molar refractivity (Wildman–Crippen MR) is 95.9 cm³/mol. The van der Waals surface area contributed by atoms with Gasteiger partial charge >= 0.3 is 0 Å². The fourth-order valence-electron chi connectivity index (χ4n) is 3.08. The summed E-state index contributed by atoms with van der Waals surface area (Å²) in [5.41, 5.74) is 0.306. The van der Waals surface area contributed by atoms with Crippen LogP contribution in [0.3, 0.4) is 0 Å². The summed E-state index contributed by atoms with van der Waals surface area (Å²) >= 11 is 0. The standard InChI is InChI=1S/C19H24N2O4/c1-3-6-21(20-7-9-25-10-8-20)19(23)17-12-15-11-16(24-2)5-4-14(15)13-18(17)22/h4-5,11-13,22H,3,6-10H2,1-2H3. The van der Waals surface area contributed by atoms with Crippen molar-refractivity contribution >= 4 is 16.7 Å². The minimum absolute atomic E-state index is 0.00275. The molecule has 1 fully saturated rings. The second-order valence-electron chi connectivity index (χ2n) is 6.08. The number of carbonyl (C=O) groups is 1. The van der Waals surface area contributed by atoms with Gasteiger partial charge in [-0.15, -0.1) is 0 Å². The Kier molecular flexibility index (Phi) is 5.40. The number of hydrogen-bond acceptors (Lipinski definition) is 5. The smallest absolute Gasteiger partial charge is 0.271 e. The average Bonchev–Trinajstić information content (AvgIpc) is 2.65. The Morgan fingerprint density at radius 2 is 2.00 bits per heavy atom. The molecule has 0 radical (unpaired) electrons. The number of morpholine rings is 1. The van der Waals surface area contributed by atoms with Crippen LogP contribution in [-0.2, 0) is 4.74 Å². The Balaban J connectivity index is 1.96. The number of hydrazine groups is 1. The van der Waals surface area contributed by atoms with E-state index >= 15 is 0 Å². The number of fused-ring (bicyclic) bond motifs is 1. The Morgan fingerprint density at radius 1 is 1.24 bits per heavy atom. The van der Waals surface area contributed by atoms with Gasteiger partial charge in [-0.05, 0) is 41.5 Å². The molecule has 6 heteroatoms. The summed E-state index contributed by atoms with van der Waals surface area (Å²) in [5.74, 6) is 0.526. The topological polar surface area (TPSA) is 62.2 Å². The SMILES string of the molecule is CCCN(C(=O)c1cc2cc(OC)ccc2cc1O)N1CCOCC1. The van der Waals surface area contributed by atoms with Crippen molar-refractivity contribution in [2.24, 2.45) is 0 Å². The van der Waals surface area contributed by atoms with E-state index in [4.69, 9.17) is 9.47 Å². The maximum absolute atomic E-state index is 13.1. The first kappa shape index (κ1) is 17.5. The highest BCUT2D eigenvalue weighted by atomic mass is 16.5. The molecular formula is C19H24N2O4. The van der Waals surface area contributed by atoms with Crippen LogP contribution in [0.1, 0.15) is 23.7 Å². The van der Waals surface area contributed by atoms with E-state index in [-0.39, 0.29) is 11.7 Å². The first-order chi connectivity index (χ1) is 12.1. The first-order valence-electron chi connectivity index (χ1n) is 8.59. The molecule has 2 aromatic rings. The Hall–Kier alpha value is -2.31. The summed E-state index contributed by atoms with van der Waals surface area (Å²) < 4.78 is 10.6. The summed E-state index contributed by atoms with van der Waals surface area (Å²) in [4.78, 5) is 13.1. The van der Waals surface area contributed by atoms with E-state index in [9.17, 15) is 9.90 Å². The van der Waals surface area contributed by atoms with E-state index in [0.717, 1.165) is 22.9 Å². The zero-order chi connectivity index (χ0) is 17.8. The van der Waals surface area contributed by atoms with Gasteiger partial charge in [0.25, 0.3) is 5.91 Å². The lowest BCUT2D eigenvalue weighted by molar-refractivity contribution is -0.0698. The van der Waals surface area contributed by atoms with Crippen LogP contribution < -0.4 is 4.74 Å². The quantitative estimate of drug-likeness (QED) is 0.903. The lowest BCUT2D eigenvalue weighted by Crippen LogP contribution is -2.51. The van der Waals surface area contributed by atoms with Gasteiger partial charge in [0.1, 0.15) is 11.5 Å². The molecular weight excluding hydrogens is 320 g/mol. The van der Waals surface area contributed by atoms with Crippen molar-refractivity contribution in [3.63, 3.8) is 0 Å². The molecule has 25 heavy (non-hydrogen) atoms. The third-order valence-electron chi connectivity index (χ3n) is 4.39. The fourth-order valence-corrected chi connectivity index (χ4v) is 3.08. The summed E-state index contributed by atoms with van der Waals surface area (Å²) in [5, 5.41) is 15.9. The molecule has 0 aromatic heterocycles. The summed E-state index contributed by atoms with van der Waals surface area (Å²) in [6, 6.07) is 8.93. The number of benzene rings is 2. The molecule has 0 bridgehead atoms. The van der Waals surface area contributed by atoms with E-state index in [2.05, 4.69) is 0 Å². The molecule has 0 unspecified atom stereocenters. The summed E-state index contributed by atoms with van der Waals surface area (Å²) in [6.07, 6.45) is 0.839. The number of ether oxygens (including phenoxy) is 2. The van der Waals surface area contributed by atoms with Crippen LogP contribution >= 0.6 is 0 Å². The minimum Gasteiger partial charge on any atom is -0.507 e. The Bertz CT molecular complexity index is 756. The van der Waals surface area contributed by atoms with E-state index in [0.29, 0.717) is 38.4 Å². The van der Waals surface area contributed by atoms with Crippen molar-refractivity contribution in [3.8, 4) is 11.5 Å². The highest BCUT2D eigenvalue weighted by molar-refractivity contribution is 6.01. The van der Waals surface area contributed by atoms with Crippen molar-refractivity contribution in [1.29, 1.82) is 0 Å². The van der Waals surface area contributed by atoms with Gasteiger partial charge in [0.15, 0.2) is 0 Å². The zero-order valence-electron chi connectivity index (χ0n) is 14.7. The van der Waals surface area contributed by atoms with Gasteiger partial charge in [-0.25, -0.2) is 5.01 Å². The molecule has 134 valence electrons. The molecule has 1 aliphatic heterocycles. The van der Waals surface area contributed by atoms with Crippen LogP contribution in [0.4, 0.5) is 0 Å². The summed E-state index contributed by atoms with van der Waals surface area (Å²) in [6.45, 7) is 5.20. The van der Waals surface area contributed by atoms with Crippen LogP contribution in [0.15, 0.2) is 30.3 Å². The highest BCUT2D eigenvalue weighted by Crippen LogP contribution is 2.29. The molecule has 0 saturated carbocycles. The van der Waals surface area contributed by atoms with Gasteiger partial charge in [-0.3, -0.25) is 9.80 Å². The highest BCUT2D eigenvalue weighted by Gasteiger charge is 2.26. The van der Waals surface area contributed by atoms with Crippen molar-refractivity contribution in [2.75, 3.05) is 40.0 Å². The number of phenols is 1. The van der Waals surface area contributed by atoms with Crippen LogP contribution in [0, 0.1) is 0 Å². The summed E-state index contributed by atoms with van der Waals surface area (Å²) in [7, 11) is 1.61. The third-order valence-corrected chi connectivity index (χ3v) is 4.39. The number of amides is 1. The molecule has 1 heterocycles. The van der Waals surface area contributed by atoms with Crippen LogP contribution in [-0.4, -0.2) is 61.0 Å². The van der Waals surface area contributed by atoms with E-state index in [1.807, 2.05) is 30.1 Å². The van der Waals surface area contributed by atoms with E-state index in [1.165, 1.54) is 0 Å². The van der Waals surface area contributed by atoms with Crippen LogP contribution in [0.5, 0.6) is 11.5 Å². The Labute approximate surface area is 147 Å². The molecule has 0 spiro atoms. The number of aromatic hydroxyl groups is 1. The normalized spacial score (nSPS) is 15.3. The van der Waals surface area contributed by atoms with Gasteiger partial charge < -0.3 is 14.6 Å². The predicted octanol–water partition coefficient (Wildman–Crippen LogP) is 2.65. The van der Waals surface area contributed by atoms with Gasteiger partial charge in [0.2, 0.25) is 0 Å². The molecule has 1 aliphatic rings. The molecule has 1 amide bonds. The Morgan fingerprint density at radius 3 is 2.68 bits per heavy atom. The second kappa shape index (κ2) is 7.72. The average molecular weight is 344 g/mol. The molecule has 0 atom stereocenters. The molecule has 3 rings (SSSR count). The largest absolute Gasteiger partial charge is 0.507 e. The van der Waals surface area contributed by atoms with E-state index in [1.54, 1.807) is 24.3 Å². The van der Waals surface area contributed by atoms with Gasteiger partial charge in [-0.2, -0.15) is 0 Å². The number of rotatable bonds is 5. The number of hydrogen-bond donors (Lipinski definition) is 1. The van der Waals surface area contributed by atoms with Gasteiger partial charge in [0.05, 0.1) is 25.9 Å². The van der Waals surface area contributed by atoms with Crippen molar-refractivity contribution in [1.82, 2.24) is 10.0 Å². The third kappa shape index (κ3) is 3.70. The fraction of sp³-hybridized carbons (Fsp3) is 0.421. The van der Waals surface area contributed by atoms with Gasteiger partial charge in [0, 0.05) is 19.6 Å². The van der Waals surface area contributed by atoms with Gasteiger partial charge in [-0.1, -0.05) is 13.0 Å². The van der Waals surface area contributed by atoms with Crippen LogP contribution in [0.25, 0.3) is 10.8 Å². The maximum atomic E-state index is 13.1. The second-order valence-corrected chi connectivity index (χ2v) is 6.08. The molecule has 1 N–H and O–H groups in total. The van der Waals surface area contributed by atoms with E-state index < -0.39 is 0 Å². The van der Waals surface area contributed by atoms with Crippen molar-refractivity contribution in [2.45, 2.75) is 13.3 Å². The lowest BCUT2D eigenvalue weighted by atomic mass is 10.0. The molecule has 1 saturated heterocycles. The molecule has 6 nitrogen and oxygen atoms in total. The minimum atomic E-state index is -0.189. The monoisotopic (exact) mass is 344 g/mol. The number of methoxy groups -OCH3 is 1.